The van der Waals surface area contributed by atoms with Gasteiger partial charge in [-0.05, 0) is 31.0 Å². The fraction of sp³-hybridized carbons (Fsp3) is 0.350. The average molecular weight is 378 g/mol. The molecular formula is C20H22N6O2. The molecule has 0 bridgehead atoms. The van der Waals surface area contributed by atoms with Gasteiger partial charge in [-0.15, -0.1) is 0 Å². The number of nitrogens with one attached hydrogen (secondary N) is 2. The van der Waals surface area contributed by atoms with Gasteiger partial charge in [-0.2, -0.15) is 0 Å². The lowest BCUT2D eigenvalue weighted by Gasteiger charge is -2.33. The van der Waals surface area contributed by atoms with Crippen molar-refractivity contribution >= 4 is 22.8 Å². The number of H-pyrrole nitrogens is 1. The Kier molecular flexibility index (Phi) is 5.27. The van der Waals surface area contributed by atoms with Crippen LogP contribution in [0, 0.1) is 0 Å². The van der Waals surface area contributed by atoms with Crippen LogP contribution in [0.1, 0.15) is 25.1 Å². The number of nitrogens with zero attached hydrogens (tertiary/aromatic N) is 4. The van der Waals surface area contributed by atoms with E-state index in [0.717, 1.165) is 19.4 Å². The Bertz CT molecular complexity index is 1020. The van der Waals surface area contributed by atoms with Crippen LogP contribution in [0.25, 0.3) is 10.9 Å². The molecule has 3 aromatic rings. The summed E-state index contributed by atoms with van der Waals surface area (Å²) >= 11 is 0. The number of fused-ring (bicyclic) bond motifs is 1. The second kappa shape index (κ2) is 8.16. The van der Waals surface area contributed by atoms with Gasteiger partial charge in [-0.3, -0.25) is 9.59 Å². The highest BCUT2D eigenvalue weighted by molar-refractivity contribution is 5.78. The molecule has 1 atom stereocenters. The summed E-state index contributed by atoms with van der Waals surface area (Å²) in [5.74, 6) is 1.18. The van der Waals surface area contributed by atoms with Gasteiger partial charge in [0.1, 0.15) is 5.82 Å². The molecule has 8 heteroatoms. The van der Waals surface area contributed by atoms with Crippen molar-refractivity contribution < 1.29 is 4.79 Å². The molecule has 1 amide bonds. The lowest BCUT2D eigenvalue weighted by molar-refractivity contribution is -0.121. The maximum atomic E-state index is 12.4. The highest BCUT2D eigenvalue weighted by atomic mass is 16.1. The van der Waals surface area contributed by atoms with E-state index < -0.39 is 0 Å². The number of para-hydroxylation sites is 1. The van der Waals surface area contributed by atoms with Gasteiger partial charge in [0.05, 0.1) is 10.9 Å². The summed E-state index contributed by atoms with van der Waals surface area (Å²) in [5.41, 5.74) is 0.472. The normalized spacial score (nSPS) is 16.9. The van der Waals surface area contributed by atoms with Crippen LogP contribution in [0.5, 0.6) is 0 Å². The van der Waals surface area contributed by atoms with E-state index in [2.05, 4.69) is 30.2 Å². The summed E-state index contributed by atoms with van der Waals surface area (Å²) in [6.45, 7) is 1.58. The summed E-state index contributed by atoms with van der Waals surface area (Å²) in [6.07, 6.45) is 6.02. The quantitative estimate of drug-likeness (QED) is 0.696. The number of hydrogen-bond donors (Lipinski definition) is 2. The molecule has 1 aliphatic rings. The third-order valence-corrected chi connectivity index (χ3v) is 4.87. The number of aryl methyl sites for hydroxylation is 1. The van der Waals surface area contributed by atoms with Crippen molar-refractivity contribution in [3.8, 4) is 0 Å². The van der Waals surface area contributed by atoms with Crippen LogP contribution in [0.3, 0.4) is 0 Å². The maximum Gasteiger partial charge on any atom is 0.258 e. The molecule has 1 aliphatic heterocycles. The molecule has 8 nitrogen and oxygen atoms in total. The second-order valence-electron chi connectivity index (χ2n) is 6.93. The number of rotatable bonds is 5. The van der Waals surface area contributed by atoms with Crippen molar-refractivity contribution in [2.45, 2.75) is 31.7 Å². The minimum absolute atomic E-state index is 0.0448. The summed E-state index contributed by atoms with van der Waals surface area (Å²) in [4.78, 5) is 42.4. The molecule has 28 heavy (non-hydrogen) atoms. The van der Waals surface area contributed by atoms with E-state index in [1.165, 1.54) is 0 Å². The molecule has 3 heterocycles. The minimum Gasteiger partial charge on any atom is -0.352 e. The Morgan fingerprint density at radius 3 is 2.89 bits per heavy atom. The van der Waals surface area contributed by atoms with Crippen molar-refractivity contribution in [2.24, 2.45) is 0 Å². The van der Waals surface area contributed by atoms with Gasteiger partial charge in [0, 0.05) is 44.4 Å². The Hall–Kier alpha value is -3.29. The second-order valence-corrected chi connectivity index (χ2v) is 6.93. The van der Waals surface area contributed by atoms with Crippen LogP contribution in [0.15, 0.2) is 47.5 Å². The van der Waals surface area contributed by atoms with Crippen LogP contribution in [-0.4, -0.2) is 45.0 Å². The zero-order valence-corrected chi connectivity index (χ0v) is 15.5. The van der Waals surface area contributed by atoms with Gasteiger partial charge >= 0.3 is 0 Å². The van der Waals surface area contributed by atoms with E-state index in [1.54, 1.807) is 36.7 Å². The minimum atomic E-state index is -0.174. The number of carbonyl (C=O) groups excluding carboxylic acids is 1. The third kappa shape index (κ3) is 4.16. The lowest BCUT2D eigenvalue weighted by Crippen LogP contribution is -2.48. The number of piperidine rings is 1. The number of amides is 1. The summed E-state index contributed by atoms with van der Waals surface area (Å²) in [5, 5.41) is 3.64. The fourth-order valence-electron chi connectivity index (χ4n) is 3.52. The molecule has 1 fully saturated rings. The number of benzene rings is 1. The first-order valence-corrected chi connectivity index (χ1v) is 9.48. The molecule has 0 saturated carbocycles. The summed E-state index contributed by atoms with van der Waals surface area (Å²) in [6, 6.07) is 9.04. The number of carbonyl (C=O) groups is 1. The van der Waals surface area contributed by atoms with Gasteiger partial charge < -0.3 is 15.2 Å². The van der Waals surface area contributed by atoms with E-state index >= 15 is 0 Å². The predicted octanol–water partition coefficient (Wildman–Crippen LogP) is 1.43. The van der Waals surface area contributed by atoms with E-state index in [1.807, 2.05) is 6.07 Å². The molecule has 0 spiro atoms. The molecular weight excluding hydrogens is 356 g/mol. The lowest BCUT2D eigenvalue weighted by atomic mass is 10.1. The number of hydrogen-bond acceptors (Lipinski definition) is 6. The van der Waals surface area contributed by atoms with Crippen LogP contribution in [-0.2, 0) is 11.2 Å². The Labute approximate surface area is 162 Å². The first-order valence-electron chi connectivity index (χ1n) is 9.48. The fourth-order valence-corrected chi connectivity index (χ4v) is 3.52. The Balaban J connectivity index is 1.34. The van der Waals surface area contributed by atoms with E-state index in [-0.39, 0.29) is 23.9 Å². The topological polar surface area (TPSA) is 104 Å². The zero-order valence-electron chi connectivity index (χ0n) is 15.5. The molecule has 2 N–H and O–H groups in total. The van der Waals surface area contributed by atoms with Crippen molar-refractivity contribution in [1.29, 1.82) is 0 Å². The third-order valence-electron chi connectivity index (χ3n) is 4.87. The molecule has 0 aliphatic carbocycles. The van der Waals surface area contributed by atoms with Crippen LogP contribution in [0.4, 0.5) is 5.95 Å². The largest absolute Gasteiger partial charge is 0.352 e. The molecule has 4 rings (SSSR count). The number of aromatic amines is 1. The Morgan fingerprint density at radius 2 is 2.04 bits per heavy atom. The maximum absolute atomic E-state index is 12.4. The first-order chi connectivity index (χ1) is 13.7. The van der Waals surface area contributed by atoms with Gasteiger partial charge in [-0.1, -0.05) is 12.1 Å². The van der Waals surface area contributed by atoms with Crippen molar-refractivity contribution in [3.05, 3.63) is 58.9 Å². The first kappa shape index (κ1) is 18.1. The van der Waals surface area contributed by atoms with Gasteiger partial charge in [0.25, 0.3) is 5.56 Å². The van der Waals surface area contributed by atoms with E-state index in [9.17, 15) is 9.59 Å². The molecule has 1 saturated heterocycles. The highest BCUT2D eigenvalue weighted by Crippen LogP contribution is 2.15. The standard InChI is InChI=1S/C20H22N6O2/c27-18(9-8-17-24-16-7-2-1-6-15(16)19(28)25-17)23-14-5-3-12-26(13-14)20-21-10-4-11-22-20/h1-2,4,6-7,10-11,14H,3,5,8-9,12-13H2,(H,23,27)(H,24,25,28). The smallest absolute Gasteiger partial charge is 0.258 e. The Morgan fingerprint density at radius 1 is 1.21 bits per heavy atom. The highest BCUT2D eigenvalue weighted by Gasteiger charge is 2.22. The molecule has 1 unspecified atom stereocenters. The van der Waals surface area contributed by atoms with E-state index in [4.69, 9.17) is 0 Å². The summed E-state index contributed by atoms with van der Waals surface area (Å²) in [7, 11) is 0. The SMILES string of the molecule is O=C(CCc1nc2ccccc2c(=O)[nH]1)NC1CCCN(c2ncccn2)C1. The van der Waals surface area contributed by atoms with Crippen LogP contribution >= 0.6 is 0 Å². The zero-order chi connectivity index (χ0) is 19.3. The average Bonchev–Trinajstić information content (AvgIpc) is 2.73. The van der Waals surface area contributed by atoms with E-state index in [0.29, 0.717) is 35.6 Å². The van der Waals surface area contributed by atoms with Crippen molar-refractivity contribution in [1.82, 2.24) is 25.3 Å². The number of anilines is 1. The number of aromatic nitrogens is 4. The van der Waals surface area contributed by atoms with Crippen molar-refractivity contribution in [2.75, 3.05) is 18.0 Å². The molecule has 2 aromatic heterocycles. The molecule has 1 aromatic carbocycles. The van der Waals surface area contributed by atoms with Gasteiger partial charge in [0.15, 0.2) is 0 Å². The molecule has 144 valence electrons. The van der Waals surface area contributed by atoms with Crippen molar-refractivity contribution in [3.63, 3.8) is 0 Å². The predicted molar refractivity (Wildman–Crippen MR) is 106 cm³/mol. The molecule has 0 radical (unpaired) electrons. The monoisotopic (exact) mass is 378 g/mol. The van der Waals surface area contributed by atoms with Crippen LogP contribution in [0.2, 0.25) is 0 Å². The van der Waals surface area contributed by atoms with Crippen LogP contribution < -0.4 is 15.8 Å². The van der Waals surface area contributed by atoms with Gasteiger partial charge in [-0.25, -0.2) is 15.0 Å². The summed E-state index contributed by atoms with van der Waals surface area (Å²) < 4.78 is 0. The van der Waals surface area contributed by atoms with Gasteiger partial charge in [0.2, 0.25) is 11.9 Å².